The second-order valence-electron chi connectivity index (χ2n) is 7.96. The molecule has 0 radical (unpaired) electrons. The summed E-state index contributed by atoms with van der Waals surface area (Å²) >= 11 is 0. The van der Waals surface area contributed by atoms with Gasteiger partial charge in [0, 0.05) is 37.6 Å². The van der Waals surface area contributed by atoms with E-state index in [9.17, 15) is 18.3 Å². The van der Waals surface area contributed by atoms with E-state index in [1.165, 1.54) is 4.31 Å². The Kier molecular flexibility index (Phi) is 6.16. The Hall–Kier alpha value is -0.755. The smallest absolute Gasteiger partial charge is 0.451 e. The first kappa shape index (κ1) is 21.0. The highest BCUT2D eigenvalue weighted by molar-refractivity contribution is 7.86. The van der Waals surface area contributed by atoms with Crippen molar-refractivity contribution in [3.8, 4) is 0 Å². The minimum absolute atomic E-state index is 0.0134. The fourth-order valence-electron chi connectivity index (χ4n) is 4.20. The molecule has 0 unspecified atom stereocenters. The third-order valence-electron chi connectivity index (χ3n) is 5.90. The predicted molar refractivity (Wildman–Crippen MR) is 98.9 cm³/mol. The molecular formula is C15H29BN4O6S. The molecule has 0 bridgehead atoms. The summed E-state index contributed by atoms with van der Waals surface area (Å²) in [5, 5.41) is 30.8. The standard InChI is InChI=1S/C15H29BN4O6S/c17-15(14(21)22)10-19(9-11(15)2-1-6-16(23)24)27(25,26)20(12-3-4-12)13-5-7-18-8-13/h11-13,18,23-24H,1-10,17H2,(H,21,22)/t11-,13+,15-/m0/s1. The van der Waals surface area contributed by atoms with Gasteiger partial charge >= 0.3 is 13.1 Å². The molecule has 3 atom stereocenters. The fraction of sp³-hybridized carbons (Fsp3) is 0.933. The summed E-state index contributed by atoms with van der Waals surface area (Å²) in [6.45, 7) is 1.15. The van der Waals surface area contributed by atoms with Gasteiger partial charge in [0.15, 0.2) is 0 Å². The van der Waals surface area contributed by atoms with Crippen molar-refractivity contribution in [2.75, 3.05) is 26.2 Å². The van der Waals surface area contributed by atoms with Crippen LogP contribution in [0.25, 0.3) is 0 Å². The molecule has 12 heteroatoms. The van der Waals surface area contributed by atoms with Crippen LogP contribution in [0.15, 0.2) is 0 Å². The van der Waals surface area contributed by atoms with E-state index in [0.717, 1.165) is 25.8 Å². The Morgan fingerprint density at radius 3 is 2.52 bits per heavy atom. The van der Waals surface area contributed by atoms with Crippen molar-refractivity contribution in [1.29, 1.82) is 0 Å². The van der Waals surface area contributed by atoms with E-state index in [4.69, 9.17) is 15.8 Å². The van der Waals surface area contributed by atoms with Crippen LogP contribution in [-0.4, -0.2) is 89.1 Å². The van der Waals surface area contributed by atoms with Crippen LogP contribution in [0.1, 0.15) is 32.1 Å². The van der Waals surface area contributed by atoms with E-state index in [0.29, 0.717) is 19.4 Å². The molecule has 2 heterocycles. The van der Waals surface area contributed by atoms with Gasteiger partial charge in [-0.15, -0.1) is 0 Å². The molecule has 3 fully saturated rings. The van der Waals surface area contributed by atoms with Crippen molar-refractivity contribution in [1.82, 2.24) is 13.9 Å². The minimum atomic E-state index is -3.82. The lowest BCUT2D eigenvalue weighted by molar-refractivity contribution is -0.144. The summed E-state index contributed by atoms with van der Waals surface area (Å²) in [4.78, 5) is 11.8. The molecule has 0 aromatic carbocycles. The molecule has 0 aromatic rings. The average Bonchev–Trinajstić information content (AvgIpc) is 3.11. The first-order valence-corrected chi connectivity index (χ1v) is 10.9. The maximum absolute atomic E-state index is 13.3. The van der Waals surface area contributed by atoms with Gasteiger partial charge in [-0.3, -0.25) is 4.79 Å². The third kappa shape index (κ3) is 4.31. The van der Waals surface area contributed by atoms with Gasteiger partial charge in [0.25, 0.3) is 10.2 Å². The second-order valence-corrected chi connectivity index (χ2v) is 9.80. The molecule has 6 N–H and O–H groups in total. The number of nitrogens with one attached hydrogen (secondary N) is 1. The van der Waals surface area contributed by atoms with E-state index in [1.807, 2.05) is 0 Å². The molecule has 3 aliphatic rings. The van der Waals surface area contributed by atoms with Gasteiger partial charge in [-0.1, -0.05) is 6.42 Å². The zero-order valence-electron chi connectivity index (χ0n) is 15.3. The van der Waals surface area contributed by atoms with E-state index < -0.39 is 34.8 Å². The monoisotopic (exact) mass is 404 g/mol. The molecule has 3 rings (SSSR count). The summed E-state index contributed by atoms with van der Waals surface area (Å²) in [5.41, 5.74) is 4.46. The van der Waals surface area contributed by atoms with Crippen molar-refractivity contribution in [3.63, 3.8) is 0 Å². The van der Waals surface area contributed by atoms with Gasteiger partial charge in [0.2, 0.25) is 0 Å². The van der Waals surface area contributed by atoms with Crippen molar-refractivity contribution in [2.24, 2.45) is 11.7 Å². The Balaban J connectivity index is 1.77. The number of nitrogens with two attached hydrogens (primary N) is 1. The SMILES string of the molecule is N[C@@]1(C(=O)O)CN(S(=O)(=O)N(C2CC2)[C@@H]2CCNC2)C[C@@H]1CCCB(O)O. The molecule has 2 saturated heterocycles. The van der Waals surface area contributed by atoms with Gasteiger partial charge in [0.1, 0.15) is 5.54 Å². The van der Waals surface area contributed by atoms with Crippen LogP contribution in [0.4, 0.5) is 0 Å². The van der Waals surface area contributed by atoms with Gasteiger partial charge in [-0.2, -0.15) is 17.0 Å². The van der Waals surface area contributed by atoms with E-state index >= 15 is 0 Å². The lowest BCUT2D eigenvalue weighted by atomic mass is 9.78. The van der Waals surface area contributed by atoms with Crippen LogP contribution in [-0.2, 0) is 15.0 Å². The lowest BCUT2D eigenvalue weighted by Gasteiger charge is -2.32. The summed E-state index contributed by atoms with van der Waals surface area (Å²) in [5.74, 6) is -1.80. The van der Waals surface area contributed by atoms with Crippen LogP contribution < -0.4 is 11.1 Å². The summed E-state index contributed by atoms with van der Waals surface area (Å²) in [6, 6.07) is -0.122. The first-order valence-electron chi connectivity index (χ1n) is 9.54. The Morgan fingerprint density at radius 1 is 1.30 bits per heavy atom. The van der Waals surface area contributed by atoms with Gasteiger partial charge in [0.05, 0.1) is 0 Å². The Labute approximate surface area is 160 Å². The lowest BCUT2D eigenvalue weighted by Crippen LogP contribution is -2.56. The molecule has 1 aliphatic carbocycles. The number of carboxylic acids is 1. The average molecular weight is 404 g/mol. The molecule has 0 aromatic heterocycles. The van der Waals surface area contributed by atoms with Crippen LogP contribution >= 0.6 is 0 Å². The van der Waals surface area contributed by atoms with Gasteiger partial charge in [-0.25, -0.2) is 0 Å². The van der Waals surface area contributed by atoms with Crippen LogP contribution in [0, 0.1) is 5.92 Å². The number of carbonyl (C=O) groups is 1. The molecule has 0 amide bonds. The van der Waals surface area contributed by atoms with Crippen molar-refractivity contribution in [2.45, 2.75) is 56.0 Å². The van der Waals surface area contributed by atoms with Crippen LogP contribution in [0.3, 0.4) is 0 Å². The van der Waals surface area contributed by atoms with E-state index in [1.54, 1.807) is 4.31 Å². The van der Waals surface area contributed by atoms with Crippen molar-refractivity contribution < 1.29 is 28.4 Å². The summed E-state index contributed by atoms with van der Waals surface area (Å²) in [6.07, 6.45) is 3.18. The maximum atomic E-state index is 13.3. The highest BCUT2D eigenvalue weighted by Crippen LogP contribution is 2.38. The fourth-order valence-corrected chi connectivity index (χ4v) is 6.36. The van der Waals surface area contributed by atoms with Crippen LogP contribution in [0.5, 0.6) is 0 Å². The quantitative estimate of drug-likeness (QED) is 0.277. The van der Waals surface area contributed by atoms with Crippen molar-refractivity contribution in [3.05, 3.63) is 0 Å². The molecule has 2 aliphatic heterocycles. The molecule has 10 nitrogen and oxygen atoms in total. The topological polar surface area (TPSA) is 156 Å². The highest BCUT2D eigenvalue weighted by Gasteiger charge is 2.55. The number of hydrogen-bond acceptors (Lipinski definition) is 7. The zero-order valence-corrected chi connectivity index (χ0v) is 16.1. The number of hydrogen-bond donors (Lipinski definition) is 5. The summed E-state index contributed by atoms with van der Waals surface area (Å²) < 4.78 is 29.5. The second kappa shape index (κ2) is 7.93. The highest BCUT2D eigenvalue weighted by atomic mass is 32.2. The van der Waals surface area contributed by atoms with Gasteiger partial charge in [-0.05, 0) is 38.5 Å². The van der Waals surface area contributed by atoms with E-state index in [2.05, 4.69) is 5.32 Å². The number of nitrogens with zero attached hydrogens (tertiary/aromatic N) is 2. The minimum Gasteiger partial charge on any atom is -0.480 e. The number of carboxylic acid groups (broad SMARTS) is 1. The van der Waals surface area contributed by atoms with Crippen molar-refractivity contribution >= 4 is 23.3 Å². The normalized spacial score (nSPS) is 32.3. The molecule has 0 spiro atoms. The zero-order chi connectivity index (χ0) is 19.8. The predicted octanol–water partition coefficient (Wildman–Crippen LogP) is -1.98. The molecule has 154 valence electrons. The first-order chi connectivity index (χ1) is 12.7. The van der Waals surface area contributed by atoms with Gasteiger partial charge < -0.3 is 26.2 Å². The molecular weight excluding hydrogens is 375 g/mol. The number of aliphatic carboxylic acids is 1. The van der Waals surface area contributed by atoms with E-state index in [-0.39, 0.29) is 31.5 Å². The number of rotatable bonds is 9. The largest absolute Gasteiger partial charge is 0.480 e. The van der Waals surface area contributed by atoms with Crippen LogP contribution in [0.2, 0.25) is 6.32 Å². The maximum Gasteiger partial charge on any atom is 0.451 e. The molecule has 27 heavy (non-hydrogen) atoms. The Bertz CT molecular complexity index is 655. The Morgan fingerprint density at radius 2 is 2.00 bits per heavy atom. The third-order valence-corrected chi connectivity index (χ3v) is 7.96. The summed E-state index contributed by atoms with van der Waals surface area (Å²) in [7, 11) is -5.28. The molecule has 1 saturated carbocycles.